The zero-order chi connectivity index (χ0) is 26.6. The van der Waals surface area contributed by atoms with Crippen molar-refractivity contribution >= 4 is 21.8 Å². The van der Waals surface area contributed by atoms with Crippen LogP contribution in [0.15, 0.2) is 102 Å². The maximum atomic E-state index is 12.7. The van der Waals surface area contributed by atoms with Crippen LogP contribution in [-0.2, 0) is 26.1 Å². The topological polar surface area (TPSA) is 50.4 Å². The molecule has 0 aliphatic carbocycles. The fourth-order valence-corrected chi connectivity index (χ4v) is 4.72. The molecule has 0 saturated carbocycles. The lowest BCUT2D eigenvalue weighted by Crippen LogP contribution is -2.23. The third-order valence-corrected chi connectivity index (χ3v) is 7.12. The first-order chi connectivity index (χ1) is 18.6. The van der Waals surface area contributed by atoms with E-state index in [1.165, 1.54) is 24.8 Å². The summed E-state index contributed by atoms with van der Waals surface area (Å²) in [5.74, 6) is 1.56. The lowest BCUT2D eigenvalue weighted by atomic mass is 10.1. The van der Waals surface area contributed by atoms with Crippen molar-refractivity contribution in [3.8, 4) is 11.5 Å². The van der Waals surface area contributed by atoms with Gasteiger partial charge in [-0.05, 0) is 71.5 Å². The van der Waals surface area contributed by atoms with Crippen LogP contribution in [-0.4, -0.2) is 5.91 Å². The van der Waals surface area contributed by atoms with Gasteiger partial charge in [-0.3, -0.25) is 4.79 Å². The summed E-state index contributed by atoms with van der Waals surface area (Å²) < 4.78 is 6.85. The second kappa shape index (κ2) is 14.5. The van der Waals surface area contributed by atoms with Gasteiger partial charge in [-0.25, -0.2) is 0 Å². The summed E-state index contributed by atoms with van der Waals surface area (Å²) in [5, 5.41) is 6.51. The molecule has 5 heteroatoms. The highest BCUT2D eigenvalue weighted by molar-refractivity contribution is 9.10. The highest BCUT2D eigenvalue weighted by atomic mass is 79.9. The number of hydrogen-bond acceptors (Lipinski definition) is 3. The SMILES string of the molecule is CCCCCc1ccc(CNC(=O)c2ccc(CNCc3cccc(Oc4ccccc4)c3)c(Br)c2)cc1. The highest BCUT2D eigenvalue weighted by Gasteiger charge is 2.09. The van der Waals surface area contributed by atoms with Crippen LogP contribution in [0.5, 0.6) is 11.5 Å². The summed E-state index contributed by atoms with van der Waals surface area (Å²) in [5.41, 5.74) is 5.34. The van der Waals surface area contributed by atoms with Gasteiger partial charge in [-0.15, -0.1) is 0 Å². The zero-order valence-corrected chi connectivity index (χ0v) is 23.5. The smallest absolute Gasteiger partial charge is 0.251 e. The number of aryl methyl sites for hydroxylation is 1. The molecule has 0 aromatic heterocycles. The van der Waals surface area contributed by atoms with Crippen molar-refractivity contribution in [2.75, 3.05) is 0 Å². The van der Waals surface area contributed by atoms with E-state index in [9.17, 15) is 4.79 Å². The molecule has 0 spiro atoms. The van der Waals surface area contributed by atoms with E-state index in [1.807, 2.05) is 66.7 Å². The molecule has 0 atom stereocenters. The number of nitrogens with one attached hydrogen (secondary N) is 2. The number of carbonyl (C=O) groups excluding carboxylic acids is 1. The Balaban J connectivity index is 1.24. The molecule has 4 nitrogen and oxygen atoms in total. The van der Waals surface area contributed by atoms with Crippen LogP contribution in [0, 0.1) is 0 Å². The maximum Gasteiger partial charge on any atom is 0.251 e. The van der Waals surface area contributed by atoms with Crippen LogP contribution in [0.2, 0.25) is 0 Å². The van der Waals surface area contributed by atoms with E-state index in [1.54, 1.807) is 0 Å². The molecule has 4 aromatic carbocycles. The minimum absolute atomic E-state index is 0.0764. The Kier molecular flexibility index (Phi) is 10.5. The first-order valence-corrected chi connectivity index (χ1v) is 14.1. The van der Waals surface area contributed by atoms with Crippen LogP contribution < -0.4 is 15.4 Å². The quantitative estimate of drug-likeness (QED) is 0.159. The molecular weight excluding hydrogens is 536 g/mol. The van der Waals surface area contributed by atoms with Gasteiger partial charge in [0.2, 0.25) is 0 Å². The number of hydrogen-bond donors (Lipinski definition) is 2. The second-order valence-electron chi connectivity index (χ2n) is 9.43. The van der Waals surface area contributed by atoms with Crippen molar-refractivity contribution in [1.82, 2.24) is 10.6 Å². The number of amides is 1. The molecular formula is C33H35BrN2O2. The Morgan fingerprint density at radius 1 is 0.737 bits per heavy atom. The molecule has 38 heavy (non-hydrogen) atoms. The summed E-state index contributed by atoms with van der Waals surface area (Å²) in [6, 6.07) is 32.2. The highest BCUT2D eigenvalue weighted by Crippen LogP contribution is 2.22. The second-order valence-corrected chi connectivity index (χ2v) is 10.3. The van der Waals surface area contributed by atoms with E-state index in [2.05, 4.69) is 63.8 Å². The molecule has 0 fully saturated rings. The maximum absolute atomic E-state index is 12.7. The normalized spacial score (nSPS) is 10.8. The van der Waals surface area contributed by atoms with E-state index < -0.39 is 0 Å². The number of rotatable bonds is 13. The predicted octanol–water partition coefficient (Wildman–Crippen LogP) is 8.19. The van der Waals surface area contributed by atoms with Gasteiger partial charge in [0, 0.05) is 29.7 Å². The van der Waals surface area contributed by atoms with Crippen molar-refractivity contribution in [2.45, 2.75) is 52.2 Å². The monoisotopic (exact) mass is 570 g/mol. The zero-order valence-electron chi connectivity index (χ0n) is 21.9. The van der Waals surface area contributed by atoms with Gasteiger partial charge in [-0.2, -0.15) is 0 Å². The number of benzene rings is 4. The molecule has 196 valence electrons. The van der Waals surface area contributed by atoms with Crippen molar-refractivity contribution in [1.29, 1.82) is 0 Å². The van der Waals surface area contributed by atoms with Crippen LogP contribution in [0.25, 0.3) is 0 Å². The van der Waals surface area contributed by atoms with E-state index in [0.717, 1.165) is 39.1 Å². The summed E-state index contributed by atoms with van der Waals surface area (Å²) >= 11 is 3.64. The van der Waals surface area contributed by atoms with Gasteiger partial charge < -0.3 is 15.4 Å². The van der Waals surface area contributed by atoms with Crippen molar-refractivity contribution < 1.29 is 9.53 Å². The third kappa shape index (κ3) is 8.57. The van der Waals surface area contributed by atoms with Crippen LogP contribution >= 0.6 is 15.9 Å². The number of halogens is 1. The molecule has 4 rings (SSSR count). The van der Waals surface area contributed by atoms with E-state index >= 15 is 0 Å². The average Bonchev–Trinajstić information content (AvgIpc) is 2.94. The van der Waals surface area contributed by atoms with Gasteiger partial charge in [-0.1, -0.05) is 96.4 Å². The molecule has 0 saturated heterocycles. The molecule has 0 heterocycles. The molecule has 0 aliphatic rings. The molecule has 1 amide bonds. The Bertz CT molecular complexity index is 1310. The Morgan fingerprint density at radius 2 is 1.50 bits per heavy atom. The first-order valence-electron chi connectivity index (χ1n) is 13.3. The molecule has 4 aromatic rings. The minimum atomic E-state index is -0.0764. The summed E-state index contributed by atoms with van der Waals surface area (Å²) in [4.78, 5) is 12.7. The minimum Gasteiger partial charge on any atom is -0.457 e. The van der Waals surface area contributed by atoms with Crippen molar-refractivity contribution in [3.05, 3.63) is 129 Å². The average molecular weight is 572 g/mol. The predicted molar refractivity (Wildman–Crippen MR) is 158 cm³/mol. The van der Waals surface area contributed by atoms with Gasteiger partial charge >= 0.3 is 0 Å². The van der Waals surface area contributed by atoms with Gasteiger partial charge in [0.15, 0.2) is 0 Å². The van der Waals surface area contributed by atoms with Crippen molar-refractivity contribution in [3.63, 3.8) is 0 Å². The van der Waals surface area contributed by atoms with E-state index in [4.69, 9.17) is 4.74 Å². The molecule has 0 radical (unpaired) electrons. The number of unbranched alkanes of at least 4 members (excludes halogenated alkanes) is 2. The van der Waals surface area contributed by atoms with Crippen LogP contribution in [0.4, 0.5) is 0 Å². The molecule has 0 unspecified atom stereocenters. The van der Waals surface area contributed by atoms with Crippen LogP contribution in [0.1, 0.15) is 58.8 Å². The van der Waals surface area contributed by atoms with Gasteiger partial charge in [0.25, 0.3) is 5.91 Å². The largest absolute Gasteiger partial charge is 0.457 e. The Hall–Kier alpha value is -3.41. The van der Waals surface area contributed by atoms with E-state index in [0.29, 0.717) is 25.2 Å². The molecule has 0 bridgehead atoms. The lowest BCUT2D eigenvalue weighted by molar-refractivity contribution is 0.0951. The number of ether oxygens (including phenoxy) is 1. The summed E-state index contributed by atoms with van der Waals surface area (Å²) in [6.07, 6.45) is 4.84. The summed E-state index contributed by atoms with van der Waals surface area (Å²) in [7, 11) is 0. The fraction of sp³-hybridized carbons (Fsp3) is 0.242. The number of carbonyl (C=O) groups is 1. The van der Waals surface area contributed by atoms with Crippen molar-refractivity contribution in [2.24, 2.45) is 0 Å². The molecule has 0 aliphatic heterocycles. The lowest BCUT2D eigenvalue weighted by Gasteiger charge is -2.11. The summed E-state index contributed by atoms with van der Waals surface area (Å²) in [6.45, 7) is 4.12. The van der Waals surface area contributed by atoms with Gasteiger partial charge in [0.1, 0.15) is 11.5 Å². The fourth-order valence-electron chi connectivity index (χ4n) is 4.20. The Morgan fingerprint density at radius 3 is 2.26 bits per heavy atom. The Labute approximate surface area is 234 Å². The standard InChI is InChI=1S/C33H35BrN2O2/c1-2-3-5-9-25-14-16-26(17-15-25)23-36-33(37)28-18-19-29(32(34)21-28)24-35-22-27-10-8-13-31(20-27)38-30-11-6-4-7-12-30/h4,6-8,10-21,35H,2-3,5,9,22-24H2,1H3,(H,36,37). The van der Waals surface area contributed by atoms with E-state index in [-0.39, 0.29) is 5.91 Å². The number of para-hydroxylation sites is 1. The van der Waals surface area contributed by atoms with Gasteiger partial charge in [0.05, 0.1) is 0 Å². The molecule has 2 N–H and O–H groups in total. The van der Waals surface area contributed by atoms with Crippen LogP contribution in [0.3, 0.4) is 0 Å². The third-order valence-electron chi connectivity index (χ3n) is 6.38. The first kappa shape index (κ1) is 27.6.